The fourth-order valence-corrected chi connectivity index (χ4v) is 2.63. The summed E-state index contributed by atoms with van der Waals surface area (Å²) in [5, 5.41) is 2.81. The van der Waals surface area contributed by atoms with Crippen LogP contribution < -0.4 is 20.5 Å². The third kappa shape index (κ3) is 3.32. The molecule has 0 radical (unpaired) electrons. The molecular formula is C19H19N3O4. The number of rotatable bonds is 5. The van der Waals surface area contributed by atoms with E-state index < -0.39 is 0 Å². The van der Waals surface area contributed by atoms with Gasteiger partial charge in [0.15, 0.2) is 0 Å². The van der Waals surface area contributed by atoms with Crippen LogP contribution in [-0.2, 0) is 0 Å². The van der Waals surface area contributed by atoms with Gasteiger partial charge in [0.2, 0.25) is 0 Å². The molecule has 0 aliphatic rings. The number of ether oxygens (including phenoxy) is 2. The molecule has 0 spiro atoms. The van der Waals surface area contributed by atoms with E-state index in [0.29, 0.717) is 28.4 Å². The van der Waals surface area contributed by atoms with Crippen LogP contribution in [0.5, 0.6) is 11.5 Å². The first kappa shape index (κ1) is 17.3. The van der Waals surface area contributed by atoms with Crippen LogP contribution in [0.3, 0.4) is 0 Å². The monoisotopic (exact) mass is 353 g/mol. The second kappa shape index (κ2) is 7.18. The minimum atomic E-state index is -0.279. The number of methoxy groups -OCH3 is 2. The van der Waals surface area contributed by atoms with Gasteiger partial charge < -0.3 is 19.8 Å². The van der Waals surface area contributed by atoms with E-state index >= 15 is 0 Å². The molecule has 7 heteroatoms. The molecule has 0 saturated carbocycles. The molecule has 2 aromatic carbocycles. The molecule has 134 valence electrons. The maximum absolute atomic E-state index is 12.5. The van der Waals surface area contributed by atoms with Crippen molar-refractivity contribution in [2.24, 2.45) is 0 Å². The fourth-order valence-electron chi connectivity index (χ4n) is 2.63. The molecule has 26 heavy (non-hydrogen) atoms. The smallest absolute Gasteiger partial charge is 0.330 e. The summed E-state index contributed by atoms with van der Waals surface area (Å²) in [6.07, 6.45) is 1.64. The Hall–Kier alpha value is -3.48. The van der Waals surface area contributed by atoms with Gasteiger partial charge in [-0.1, -0.05) is 0 Å². The van der Waals surface area contributed by atoms with Crippen molar-refractivity contribution < 1.29 is 14.3 Å². The zero-order valence-corrected chi connectivity index (χ0v) is 14.7. The van der Waals surface area contributed by atoms with Gasteiger partial charge in [-0.3, -0.25) is 9.36 Å². The van der Waals surface area contributed by atoms with E-state index in [4.69, 9.17) is 9.47 Å². The Bertz CT molecular complexity index is 987. The van der Waals surface area contributed by atoms with Gasteiger partial charge in [0.05, 0.1) is 25.6 Å². The van der Waals surface area contributed by atoms with Crippen molar-refractivity contribution in [3.63, 3.8) is 0 Å². The normalized spacial score (nSPS) is 10.4. The Morgan fingerprint density at radius 3 is 2.38 bits per heavy atom. The van der Waals surface area contributed by atoms with Crippen molar-refractivity contribution in [1.29, 1.82) is 0 Å². The number of carbonyl (C=O) groups is 1. The minimum absolute atomic E-state index is 0.220. The van der Waals surface area contributed by atoms with E-state index in [-0.39, 0.29) is 11.6 Å². The lowest BCUT2D eigenvalue weighted by Crippen LogP contribution is -2.16. The third-order valence-corrected chi connectivity index (χ3v) is 4.00. The Labute approximate surface area is 150 Å². The number of hydrogen-bond donors (Lipinski definition) is 2. The number of nitrogens with one attached hydrogen (secondary N) is 2. The molecule has 0 unspecified atom stereocenters. The first-order valence-electron chi connectivity index (χ1n) is 7.94. The fraction of sp³-hybridized carbons (Fsp3) is 0.158. The largest absolute Gasteiger partial charge is 0.497 e. The van der Waals surface area contributed by atoms with Gasteiger partial charge in [-0.25, -0.2) is 4.79 Å². The lowest BCUT2D eigenvalue weighted by molar-refractivity contribution is 0.102. The molecule has 0 saturated heterocycles. The number of imidazole rings is 1. The Balaban J connectivity index is 1.82. The number of benzene rings is 2. The number of carbonyl (C=O) groups excluding carboxylic acids is 1. The number of amides is 1. The van der Waals surface area contributed by atoms with Crippen molar-refractivity contribution in [1.82, 2.24) is 9.55 Å². The first-order chi connectivity index (χ1) is 12.5. The zero-order chi connectivity index (χ0) is 18.7. The highest BCUT2D eigenvalue weighted by atomic mass is 16.5. The topological polar surface area (TPSA) is 85.4 Å². The summed E-state index contributed by atoms with van der Waals surface area (Å²) in [6.45, 7) is 1.83. The minimum Gasteiger partial charge on any atom is -0.497 e. The molecule has 3 aromatic rings. The number of nitrogens with zero attached hydrogens (tertiary/aromatic N) is 1. The van der Waals surface area contributed by atoms with Crippen molar-refractivity contribution in [3.05, 3.63) is 70.4 Å². The van der Waals surface area contributed by atoms with E-state index in [1.54, 1.807) is 55.8 Å². The van der Waals surface area contributed by atoms with Crippen LogP contribution in [0.2, 0.25) is 0 Å². The van der Waals surface area contributed by atoms with Crippen molar-refractivity contribution >= 4 is 11.6 Å². The van der Waals surface area contributed by atoms with Crippen LogP contribution in [0.1, 0.15) is 16.1 Å². The van der Waals surface area contributed by atoms with E-state index in [0.717, 1.165) is 5.69 Å². The lowest BCUT2D eigenvalue weighted by atomic mass is 10.1. The average molecular weight is 353 g/mol. The molecule has 3 rings (SSSR count). The highest BCUT2D eigenvalue weighted by Gasteiger charge is 2.12. The second-order valence-electron chi connectivity index (χ2n) is 5.64. The number of aryl methyl sites for hydroxylation is 1. The summed E-state index contributed by atoms with van der Waals surface area (Å²) in [5.74, 6) is 0.860. The molecule has 2 N–H and O–H groups in total. The highest BCUT2D eigenvalue weighted by Crippen LogP contribution is 2.29. The molecule has 7 nitrogen and oxygen atoms in total. The van der Waals surface area contributed by atoms with Crippen LogP contribution in [0.25, 0.3) is 5.69 Å². The Kier molecular flexibility index (Phi) is 4.79. The molecule has 0 fully saturated rings. The lowest BCUT2D eigenvalue weighted by Gasteiger charge is -2.12. The maximum atomic E-state index is 12.5. The number of aromatic amines is 1. The Morgan fingerprint density at radius 2 is 1.81 bits per heavy atom. The predicted octanol–water partition coefficient (Wildman–Crippen LogP) is 2.74. The number of hydrogen-bond acceptors (Lipinski definition) is 4. The van der Waals surface area contributed by atoms with E-state index in [9.17, 15) is 9.59 Å². The van der Waals surface area contributed by atoms with Crippen LogP contribution in [0, 0.1) is 6.92 Å². The number of H-pyrrole nitrogens is 1. The maximum Gasteiger partial charge on any atom is 0.330 e. The second-order valence-corrected chi connectivity index (χ2v) is 5.64. The van der Waals surface area contributed by atoms with Gasteiger partial charge in [-0.05, 0) is 43.3 Å². The molecule has 1 heterocycles. The molecule has 1 aromatic heterocycles. The van der Waals surface area contributed by atoms with Crippen LogP contribution >= 0.6 is 0 Å². The zero-order valence-electron chi connectivity index (χ0n) is 14.7. The quantitative estimate of drug-likeness (QED) is 0.739. The van der Waals surface area contributed by atoms with Crippen molar-refractivity contribution in [2.45, 2.75) is 6.92 Å². The van der Waals surface area contributed by atoms with Gasteiger partial charge in [0.25, 0.3) is 5.91 Å². The molecule has 0 aliphatic heterocycles. The third-order valence-electron chi connectivity index (χ3n) is 4.00. The summed E-state index contributed by atoms with van der Waals surface area (Å²) in [7, 11) is 3.09. The highest BCUT2D eigenvalue weighted by molar-refractivity contribution is 6.05. The predicted molar refractivity (Wildman–Crippen MR) is 98.6 cm³/mol. The van der Waals surface area contributed by atoms with E-state index in [1.165, 1.54) is 11.7 Å². The summed E-state index contributed by atoms with van der Waals surface area (Å²) in [6, 6.07) is 11.9. The van der Waals surface area contributed by atoms with Crippen molar-refractivity contribution in [2.75, 3.05) is 19.5 Å². The molecular weight excluding hydrogens is 334 g/mol. The van der Waals surface area contributed by atoms with Gasteiger partial charge >= 0.3 is 5.69 Å². The first-order valence-corrected chi connectivity index (χ1v) is 7.94. The summed E-state index contributed by atoms with van der Waals surface area (Å²) in [5.41, 5.74) is 2.26. The molecule has 0 atom stereocenters. The summed E-state index contributed by atoms with van der Waals surface area (Å²) >= 11 is 0. The molecule has 0 bridgehead atoms. The SMILES string of the molecule is COc1ccc(NC(=O)c2ccc(-n3c(C)c[nH]c3=O)cc2)c(OC)c1. The van der Waals surface area contributed by atoms with Gasteiger partial charge in [-0.2, -0.15) is 0 Å². The Morgan fingerprint density at radius 1 is 1.08 bits per heavy atom. The van der Waals surface area contributed by atoms with E-state index in [1.807, 2.05) is 6.92 Å². The number of anilines is 1. The van der Waals surface area contributed by atoms with Crippen LogP contribution in [-0.4, -0.2) is 29.7 Å². The standard InChI is InChI=1S/C19H19N3O4/c1-12-11-20-19(24)22(12)14-6-4-13(5-7-14)18(23)21-16-9-8-15(25-2)10-17(16)26-3/h4-11H,1-3H3,(H,20,24)(H,21,23). The van der Waals surface area contributed by atoms with Crippen LogP contribution in [0.15, 0.2) is 53.5 Å². The van der Waals surface area contributed by atoms with Gasteiger partial charge in [-0.15, -0.1) is 0 Å². The van der Waals surface area contributed by atoms with Gasteiger partial charge in [0, 0.05) is 23.5 Å². The molecule has 0 aliphatic carbocycles. The van der Waals surface area contributed by atoms with Crippen LogP contribution in [0.4, 0.5) is 5.69 Å². The summed E-state index contributed by atoms with van der Waals surface area (Å²) < 4.78 is 12.0. The van der Waals surface area contributed by atoms with E-state index in [2.05, 4.69) is 10.3 Å². The van der Waals surface area contributed by atoms with Crippen molar-refractivity contribution in [3.8, 4) is 17.2 Å². The van der Waals surface area contributed by atoms with Gasteiger partial charge in [0.1, 0.15) is 11.5 Å². The molecule has 1 amide bonds. The number of aromatic nitrogens is 2. The average Bonchev–Trinajstić information content (AvgIpc) is 3.00. The summed E-state index contributed by atoms with van der Waals surface area (Å²) in [4.78, 5) is 27.0.